The van der Waals surface area contributed by atoms with Gasteiger partial charge in [0, 0.05) is 23.8 Å². The molecule has 0 fully saturated rings. The lowest BCUT2D eigenvalue weighted by Gasteiger charge is -2.14. The van der Waals surface area contributed by atoms with Gasteiger partial charge in [-0.3, -0.25) is 10.1 Å². The number of non-ortho nitro benzene ring substituents is 1. The second-order valence-corrected chi connectivity index (χ2v) is 4.50. The first-order valence-corrected chi connectivity index (χ1v) is 5.85. The van der Waals surface area contributed by atoms with Gasteiger partial charge in [0.25, 0.3) is 5.69 Å². The number of hydrogen-bond donors (Lipinski definition) is 1. The lowest BCUT2D eigenvalue weighted by atomic mass is 9.97. The third-order valence-electron chi connectivity index (χ3n) is 2.95. The minimum atomic E-state index is -0.894. The lowest BCUT2D eigenvalue weighted by Crippen LogP contribution is -2.14. The van der Waals surface area contributed by atoms with E-state index in [2.05, 4.69) is 0 Å². The number of halogens is 2. The van der Waals surface area contributed by atoms with Gasteiger partial charge in [-0.2, -0.15) is 0 Å². The maximum atomic E-state index is 13.7. The summed E-state index contributed by atoms with van der Waals surface area (Å²) in [7, 11) is 0. The topological polar surface area (TPSA) is 69.2 Å². The Labute approximate surface area is 114 Å². The molecule has 20 heavy (non-hydrogen) atoms. The molecular weight excluding hydrogens is 266 g/mol. The van der Waals surface area contributed by atoms with Crippen LogP contribution in [0.3, 0.4) is 0 Å². The molecule has 0 amide bonds. The van der Waals surface area contributed by atoms with Crippen LogP contribution in [0.5, 0.6) is 0 Å². The van der Waals surface area contributed by atoms with Gasteiger partial charge in [0.2, 0.25) is 0 Å². The first-order chi connectivity index (χ1) is 9.38. The number of nitrogens with zero attached hydrogens (tertiary/aromatic N) is 1. The Morgan fingerprint density at radius 1 is 1.20 bits per heavy atom. The zero-order valence-electron chi connectivity index (χ0n) is 10.6. The maximum Gasteiger partial charge on any atom is 0.270 e. The Morgan fingerprint density at radius 2 is 1.90 bits per heavy atom. The molecule has 0 saturated heterocycles. The molecule has 0 radical (unpaired) electrons. The highest BCUT2D eigenvalue weighted by molar-refractivity contribution is 5.43. The van der Waals surface area contributed by atoms with Crippen molar-refractivity contribution in [3.05, 3.63) is 74.8 Å². The maximum absolute atomic E-state index is 13.7. The van der Waals surface area contributed by atoms with E-state index in [-0.39, 0.29) is 11.3 Å². The van der Waals surface area contributed by atoms with Gasteiger partial charge in [0.15, 0.2) is 0 Å². The average Bonchev–Trinajstić information content (AvgIpc) is 2.37. The number of aryl methyl sites for hydroxylation is 1. The molecule has 0 aliphatic heterocycles. The molecule has 2 rings (SSSR count). The molecule has 1 atom stereocenters. The normalized spacial score (nSPS) is 12.2. The smallest absolute Gasteiger partial charge is 0.270 e. The molecule has 2 aromatic rings. The molecule has 0 bridgehead atoms. The van der Waals surface area contributed by atoms with Crippen molar-refractivity contribution in [3.63, 3.8) is 0 Å². The van der Waals surface area contributed by atoms with Crippen molar-refractivity contribution in [2.75, 3.05) is 0 Å². The second kappa shape index (κ2) is 5.34. The summed E-state index contributed by atoms with van der Waals surface area (Å²) in [6, 6.07) is 6.51. The Hall–Kier alpha value is -2.34. The van der Waals surface area contributed by atoms with Crippen molar-refractivity contribution in [1.29, 1.82) is 0 Å². The molecular formula is C14H12F2N2O2. The van der Waals surface area contributed by atoms with Crippen molar-refractivity contribution in [2.24, 2.45) is 5.73 Å². The predicted octanol–water partition coefficient (Wildman–Crippen LogP) is 3.23. The summed E-state index contributed by atoms with van der Waals surface area (Å²) in [6.45, 7) is 1.68. The van der Waals surface area contributed by atoms with E-state index in [1.165, 1.54) is 18.2 Å². The highest BCUT2D eigenvalue weighted by Crippen LogP contribution is 2.26. The van der Waals surface area contributed by atoms with Gasteiger partial charge in [-0.15, -0.1) is 0 Å². The van der Waals surface area contributed by atoms with Gasteiger partial charge < -0.3 is 5.73 Å². The summed E-state index contributed by atoms with van der Waals surface area (Å²) < 4.78 is 26.6. The number of nitro groups is 1. The third kappa shape index (κ3) is 2.80. The van der Waals surface area contributed by atoms with Gasteiger partial charge in [-0.25, -0.2) is 8.78 Å². The molecule has 1 unspecified atom stereocenters. The Balaban J connectivity index is 2.47. The van der Waals surface area contributed by atoms with Crippen LogP contribution in [0, 0.1) is 28.7 Å². The number of hydrogen-bond acceptors (Lipinski definition) is 3. The molecule has 0 aliphatic rings. The summed E-state index contributed by atoms with van der Waals surface area (Å²) in [6.07, 6.45) is 0. The van der Waals surface area contributed by atoms with Crippen LogP contribution in [-0.4, -0.2) is 4.92 Å². The highest BCUT2D eigenvalue weighted by Gasteiger charge is 2.17. The largest absolute Gasteiger partial charge is 0.320 e. The second-order valence-electron chi connectivity index (χ2n) is 4.50. The van der Waals surface area contributed by atoms with E-state index in [0.29, 0.717) is 11.1 Å². The Bertz CT molecular complexity index is 674. The van der Waals surface area contributed by atoms with Crippen molar-refractivity contribution in [1.82, 2.24) is 0 Å². The van der Waals surface area contributed by atoms with Gasteiger partial charge in [0.05, 0.1) is 11.0 Å². The molecule has 0 aromatic heterocycles. The average molecular weight is 278 g/mol. The number of rotatable bonds is 3. The number of nitrogens with two attached hydrogens (primary N) is 1. The van der Waals surface area contributed by atoms with Crippen LogP contribution >= 0.6 is 0 Å². The van der Waals surface area contributed by atoms with Crippen LogP contribution < -0.4 is 5.73 Å². The summed E-state index contributed by atoms with van der Waals surface area (Å²) in [5.41, 5.74) is 6.95. The van der Waals surface area contributed by atoms with Crippen molar-refractivity contribution >= 4 is 5.69 Å². The van der Waals surface area contributed by atoms with Crippen molar-refractivity contribution in [2.45, 2.75) is 13.0 Å². The quantitative estimate of drug-likeness (QED) is 0.692. The van der Waals surface area contributed by atoms with Gasteiger partial charge in [-0.1, -0.05) is 12.1 Å². The minimum absolute atomic E-state index is 0.0892. The fourth-order valence-electron chi connectivity index (χ4n) is 2.01. The third-order valence-corrected chi connectivity index (χ3v) is 2.95. The van der Waals surface area contributed by atoms with E-state index in [9.17, 15) is 18.9 Å². The van der Waals surface area contributed by atoms with Crippen LogP contribution in [0.4, 0.5) is 14.5 Å². The van der Waals surface area contributed by atoms with Crippen molar-refractivity contribution in [3.8, 4) is 0 Å². The monoisotopic (exact) mass is 278 g/mol. The molecule has 0 aliphatic carbocycles. The molecule has 2 aromatic carbocycles. The molecule has 6 heteroatoms. The fraction of sp³-hybridized carbons (Fsp3) is 0.143. The molecule has 0 saturated carbocycles. The van der Waals surface area contributed by atoms with E-state index < -0.39 is 22.6 Å². The van der Waals surface area contributed by atoms with E-state index in [1.54, 1.807) is 13.0 Å². The van der Waals surface area contributed by atoms with Gasteiger partial charge in [0.1, 0.15) is 11.6 Å². The summed E-state index contributed by atoms with van der Waals surface area (Å²) in [5.74, 6) is -1.48. The lowest BCUT2D eigenvalue weighted by molar-refractivity contribution is -0.385. The highest BCUT2D eigenvalue weighted by atomic mass is 19.1. The Morgan fingerprint density at radius 3 is 2.50 bits per heavy atom. The van der Waals surface area contributed by atoms with Crippen molar-refractivity contribution < 1.29 is 13.7 Å². The molecule has 2 N–H and O–H groups in total. The van der Waals surface area contributed by atoms with Crippen LogP contribution in [0.1, 0.15) is 22.7 Å². The molecule has 4 nitrogen and oxygen atoms in total. The first-order valence-electron chi connectivity index (χ1n) is 5.85. The van der Waals surface area contributed by atoms with Gasteiger partial charge in [-0.05, 0) is 24.1 Å². The summed E-state index contributed by atoms with van der Waals surface area (Å²) in [5, 5.41) is 10.8. The Kier molecular flexibility index (Phi) is 3.76. The van der Waals surface area contributed by atoms with E-state index in [0.717, 1.165) is 12.1 Å². The van der Waals surface area contributed by atoms with Gasteiger partial charge >= 0.3 is 0 Å². The number of nitro benzene ring substituents is 1. The van der Waals surface area contributed by atoms with E-state index in [4.69, 9.17) is 5.73 Å². The zero-order valence-corrected chi connectivity index (χ0v) is 10.6. The predicted molar refractivity (Wildman–Crippen MR) is 70.2 cm³/mol. The molecule has 0 heterocycles. The number of benzene rings is 2. The SMILES string of the molecule is Cc1cc(C(N)c2ccc(F)cc2F)cc([N+](=O)[O-])c1. The van der Waals surface area contributed by atoms with Crippen LogP contribution in [0.25, 0.3) is 0 Å². The van der Waals surface area contributed by atoms with Crippen LogP contribution in [0.15, 0.2) is 36.4 Å². The fourth-order valence-corrected chi connectivity index (χ4v) is 2.01. The zero-order chi connectivity index (χ0) is 14.9. The van der Waals surface area contributed by atoms with E-state index >= 15 is 0 Å². The molecule has 104 valence electrons. The minimum Gasteiger partial charge on any atom is -0.320 e. The van der Waals surface area contributed by atoms with Crippen LogP contribution in [0.2, 0.25) is 0 Å². The van der Waals surface area contributed by atoms with Crippen LogP contribution in [-0.2, 0) is 0 Å². The standard InChI is InChI=1S/C14H12F2N2O2/c1-8-4-9(6-11(5-8)18(19)20)14(17)12-3-2-10(15)7-13(12)16/h2-7,14H,17H2,1H3. The first kappa shape index (κ1) is 14.1. The molecule has 0 spiro atoms. The summed E-state index contributed by atoms with van der Waals surface area (Å²) in [4.78, 5) is 10.3. The van der Waals surface area contributed by atoms with E-state index in [1.807, 2.05) is 0 Å². The summed E-state index contributed by atoms with van der Waals surface area (Å²) >= 11 is 0.